The molecule has 0 unspecified atom stereocenters. The number of nitriles is 1. The Kier molecular flexibility index (Phi) is 9.51. The van der Waals surface area contributed by atoms with Crippen LogP contribution < -0.4 is 4.74 Å². The van der Waals surface area contributed by atoms with Gasteiger partial charge in [-0.2, -0.15) is 5.26 Å². The lowest BCUT2D eigenvalue weighted by molar-refractivity contribution is -0.138. The smallest absolute Gasteiger partial charge is 0.344 e. The van der Waals surface area contributed by atoms with Crippen molar-refractivity contribution in [2.24, 2.45) is 4.99 Å². The maximum absolute atomic E-state index is 12.4. The molecule has 1 N–H and O–H groups in total. The van der Waals surface area contributed by atoms with Gasteiger partial charge in [-0.05, 0) is 65.8 Å². The van der Waals surface area contributed by atoms with Gasteiger partial charge in [0.2, 0.25) is 5.91 Å². The van der Waals surface area contributed by atoms with Crippen LogP contribution in [0.4, 0.5) is 0 Å². The molecule has 2 aromatic carbocycles. The van der Waals surface area contributed by atoms with Crippen LogP contribution in [0.1, 0.15) is 43.4 Å². The summed E-state index contributed by atoms with van der Waals surface area (Å²) in [7, 11) is 0. The number of benzene rings is 2. The fourth-order valence-corrected chi connectivity index (χ4v) is 4.89. The quantitative estimate of drug-likeness (QED) is 0.295. The second kappa shape index (κ2) is 12.6. The molecule has 0 fully saturated rings. The first-order valence-corrected chi connectivity index (χ1v) is 12.8. The van der Waals surface area contributed by atoms with Gasteiger partial charge in [-0.1, -0.05) is 43.0 Å². The first-order valence-electron chi connectivity index (χ1n) is 10.9. The van der Waals surface area contributed by atoms with Crippen LogP contribution in [0.3, 0.4) is 0 Å². The van der Waals surface area contributed by atoms with Gasteiger partial charge in [0.1, 0.15) is 28.7 Å². The lowest BCUT2D eigenvalue weighted by Gasteiger charge is -2.10. The lowest BCUT2D eigenvalue weighted by atomic mass is 10.1. The van der Waals surface area contributed by atoms with E-state index in [4.69, 9.17) is 9.47 Å². The van der Waals surface area contributed by atoms with E-state index in [1.54, 1.807) is 25.1 Å². The van der Waals surface area contributed by atoms with Crippen molar-refractivity contribution in [1.82, 2.24) is 0 Å². The molecule has 35 heavy (non-hydrogen) atoms. The van der Waals surface area contributed by atoms with Crippen LogP contribution in [-0.4, -0.2) is 28.6 Å². The van der Waals surface area contributed by atoms with E-state index in [0.29, 0.717) is 22.6 Å². The molecule has 0 spiro atoms. The summed E-state index contributed by atoms with van der Waals surface area (Å²) in [5.74, 6) is -0.696. The predicted molar refractivity (Wildman–Crippen MR) is 144 cm³/mol. The van der Waals surface area contributed by atoms with E-state index in [0.717, 1.165) is 26.5 Å². The molecule has 1 aliphatic rings. The van der Waals surface area contributed by atoms with Crippen molar-refractivity contribution in [1.29, 1.82) is 5.26 Å². The second-order valence-corrected chi connectivity index (χ2v) is 9.56. The average molecular weight is 602 g/mol. The maximum Gasteiger partial charge on any atom is 0.344 e. The average Bonchev–Trinajstić information content (AvgIpc) is 3.13. The minimum absolute atomic E-state index is 0.0987. The molecule has 1 aliphatic heterocycles. The molecule has 9 heteroatoms. The number of carbonyl (C=O) groups excluding carboxylic acids is 2. The minimum Gasteiger partial charge on any atom is -0.506 e. The zero-order valence-corrected chi connectivity index (χ0v) is 22.2. The van der Waals surface area contributed by atoms with E-state index < -0.39 is 5.97 Å². The number of hydrogen-bond donors (Lipinski definition) is 1. The van der Waals surface area contributed by atoms with Crippen LogP contribution in [0.25, 0.3) is 6.08 Å². The molecule has 0 aliphatic carbocycles. The number of hydrogen-bond acceptors (Lipinski definition) is 7. The van der Waals surface area contributed by atoms with E-state index in [-0.39, 0.29) is 41.9 Å². The fraction of sp³-hybridized carbons (Fsp3) is 0.231. The highest BCUT2D eigenvalue weighted by atomic mass is 127. The Morgan fingerprint density at radius 3 is 2.69 bits per heavy atom. The normalized spacial score (nSPS) is 15.4. The van der Waals surface area contributed by atoms with Crippen LogP contribution in [-0.2, 0) is 20.9 Å². The highest BCUT2D eigenvalue weighted by Crippen LogP contribution is 2.39. The summed E-state index contributed by atoms with van der Waals surface area (Å²) in [5, 5.41) is 20.1. The number of nitrogens with zero attached hydrogens (tertiary/aromatic N) is 2. The molecule has 0 bridgehead atoms. The molecular formula is C26H23IN2O5S. The largest absolute Gasteiger partial charge is 0.506 e. The van der Waals surface area contributed by atoms with E-state index in [1.165, 1.54) is 0 Å². The number of carbonyl (C=O) groups is 2. The molecule has 1 amide bonds. The standard InChI is InChI=1S/C26H23IN2O5S/c1-3-7-22(30)29-25-23(26(32)33-4-2)24(31)21(35-25)13-16-10-11-20(19(27)12-16)34-15-18-9-6-5-8-17(18)14-28/h5-6,8-13,31H,3-4,7,15H2,1-2H3/b21-13-,29-25?. The third kappa shape index (κ3) is 6.74. The molecule has 180 valence electrons. The van der Waals surface area contributed by atoms with Gasteiger partial charge in [-0.3, -0.25) is 4.79 Å². The number of amides is 1. The molecule has 0 saturated carbocycles. The maximum atomic E-state index is 12.4. The Morgan fingerprint density at radius 1 is 1.23 bits per heavy atom. The number of aliphatic hydroxyl groups is 1. The third-order valence-electron chi connectivity index (χ3n) is 4.84. The number of esters is 1. The fourth-order valence-electron chi connectivity index (χ4n) is 3.16. The minimum atomic E-state index is -0.722. The number of rotatable bonds is 8. The summed E-state index contributed by atoms with van der Waals surface area (Å²) in [6.07, 6.45) is 2.59. The van der Waals surface area contributed by atoms with Gasteiger partial charge >= 0.3 is 5.97 Å². The Balaban J connectivity index is 1.85. The number of aliphatic hydroxyl groups excluding tert-OH is 1. The molecule has 0 saturated heterocycles. The Bertz CT molecular complexity index is 1280. The molecule has 2 aromatic rings. The molecule has 1 heterocycles. The molecule has 7 nitrogen and oxygen atoms in total. The van der Waals surface area contributed by atoms with Crippen LogP contribution in [0.5, 0.6) is 5.75 Å². The van der Waals surface area contributed by atoms with Gasteiger partial charge < -0.3 is 14.6 Å². The van der Waals surface area contributed by atoms with Gasteiger partial charge in [-0.25, -0.2) is 9.79 Å². The van der Waals surface area contributed by atoms with Crippen molar-refractivity contribution in [2.75, 3.05) is 6.61 Å². The number of aliphatic imine (C=N–C) groups is 1. The van der Waals surface area contributed by atoms with Crippen LogP contribution >= 0.6 is 34.4 Å². The second-order valence-electron chi connectivity index (χ2n) is 7.36. The van der Waals surface area contributed by atoms with E-state index >= 15 is 0 Å². The van der Waals surface area contributed by atoms with Gasteiger partial charge in [0.15, 0.2) is 0 Å². The number of ether oxygens (including phenoxy) is 2. The van der Waals surface area contributed by atoms with Crippen LogP contribution in [0.2, 0.25) is 0 Å². The van der Waals surface area contributed by atoms with Crippen molar-refractivity contribution in [3.05, 3.63) is 79.0 Å². The summed E-state index contributed by atoms with van der Waals surface area (Å²) in [6.45, 7) is 3.92. The molecular weight excluding hydrogens is 579 g/mol. The van der Waals surface area contributed by atoms with Crippen LogP contribution in [0.15, 0.2) is 63.7 Å². The van der Waals surface area contributed by atoms with Gasteiger partial charge in [-0.15, -0.1) is 0 Å². The van der Waals surface area contributed by atoms with Crippen molar-refractivity contribution >= 4 is 57.3 Å². The highest BCUT2D eigenvalue weighted by Gasteiger charge is 2.33. The first kappa shape index (κ1) is 26.5. The van der Waals surface area contributed by atoms with Crippen LogP contribution in [0, 0.1) is 14.9 Å². The Labute approximate surface area is 221 Å². The Morgan fingerprint density at radius 2 is 2.00 bits per heavy atom. The Hall–Kier alpha value is -3.10. The monoisotopic (exact) mass is 602 g/mol. The highest BCUT2D eigenvalue weighted by molar-refractivity contribution is 14.1. The molecule has 3 rings (SSSR count). The van der Waals surface area contributed by atoms with E-state index in [9.17, 15) is 20.0 Å². The molecule has 0 atom stereocenters. The number of thioether (sulfide) groups is 1. The van der Waals surface area contributed by atoms with Crippen molar-refractivity contribution in [2.45, 2.75) is 33.3 Å². The van der Waals surface area contributed by atoms with Crippen molar-refractivity contribution < 1.29 is 24.2 Å². The summed E-state index contributed by atoms with van der Waals surface area (Å²) in [4.78, 5) is 28.9. The summed E-state index contributed by atoms with van der Waals surface area (Å²) in [6, 6.07) is 14.9. The van der Waals surface area contributed by atoms with Crippen molar-refractivity contribution in [3.63, 3.8) is 0 Å². The summed E-state index contributed by atoms with van der Waals surface area (Å²) < 4.78 is 11.8. The van der Waals surface area contributed by atoms with Gasteiger partial charge in [0.25, 0.3) is 0 Å². The summed E-state index contributed by atoms with van der Waals surface area (Å²) in [5.41, 5.74) is 2.03. The predicted octanol–water partition coefficient (Wildman–Crippen LogP) is 5.93. The lowest BCUT2D eigenvalue weighted by Crippen LogP contribution is -2.14. The van der Waals surface area contributed by atoms with Crippen molar-refractivity contribution in [3.8, 4) is 11.8 Å². The zero-order valence-electron chi connectivity index (χ0n) is 19.2. The topological polar surface area (TPSA) is 109 Å². The molecule has 0 radical (unpaired) electrons. The first-order chi connectivity index (χ1) is 16.9. The van der Waals surface area contributed by atoms with E-state index in [2.05, 4.69) is 33.7 Å². The molecule has 0 aromatic heterocycles. The summed E-state index contributed by atoms with van der Waals surface area (Å²) >= 11 is 3.20. The SMILES string of the molecule is CCCC(=O)N=C1S/C(=C\c2ccc(OCc3ccccc3C#N)c(I)c2)C(O)=C1C(=O)OCC. The zero-order chi connectivity index (χ0) is 25.4. The van der Waals surface area contributed by atoms with Gasteiger partial charge in [0, 0.05) is 12.0 Å². The van der Waals surface area contributed by atoms with Gasteiger partial charge in [0.05, 0.1) is 26.7 Å². The number of halogens is 1. The van der Waals surface area contributed by atoms with E-state index in [1.807, 2.05) is 37.3 Å². The third-order valence-corrected chi connectivity index (χ3v) is 6.70.